The second-order valence-electron chi connectivity index (χ2n) is 8.41. The molecule has 1 atom stereocenters. The van der Waals surface area contributed by atoms with Crippen molar-refractivity contribution in [2.75, 3.05) is 0 Å². The zero-order chi connectivity index (χ0) is 20.9. The molecule has 0 heterocycles. The fraction of sp³-hybridized carbons (Fsp3) is 0.143. The van der Waals surface area contributed by atoms with E-state index in [1.165, 1.54) is 5.56 Å². The molecule has 4 aromatic carbocycles. The maximum absolute atomic E-state index is 11.5. The minimum absolute atomic E-state index is 0.213. The Kier molecular flexibility index (Phi) is 4.54. The molecule has 0 amide bonds. The molecule has 1 aliphatic carbocycles. The van der Waals surface area contributed by atoms with Crippen LogP contribution in [0, 0.1) is 0 Å². The minimum Gasteiger partial charge on any atom is -0.384 e. The van der Waals surface area contributed by atoms with Gasteiger partial charge in [0, 0.05) is 16.0 Å². The molecule has 0 aliphatic heterocycles. The normalized spacial score (nSPS) is 16.6. The molecule has 0 spiro atoms. The van der Waals surface area contributed by atoms with Crippen LogP contribution in [0.1, 0.15) is 42.2 Å². The van der Waals surface area contributed by atoms with Crippen LogP contribution in [0.4, 0.5) is 0 Å². The number of fused-ring (bicyclic) bond motifs is 2. The molecule has 0 radical (unpaired) electrons. The van der Waals surface area contributed by atoms with Gasteiger partial charge in [-0.1, -0.05) is 110 Å². The molecule has 4 aromatic rings. The van der Waals surface area contributed by atoms with Gasteiger partial charge in [0.25, 0.3) is 0 Å². The maximum atomic E-state index is 11.5. The highest BCUT2D eigenvalue weighted by molar-refractivity contribution is 6.34. The molecule has 0 fully saturated rings. The Bertz CT molecular complexity index is 1240. The molecule has 1 unspecified atom stereocenters. The third-order valence-electron chi connectivity index (χ3n) is 6.35. The maximum Gasteiger partial charge on any atom is 0.105 e. The highest BCUT2D eigenvalue weighted by Gasteiger charge is 2.38. The first kappa shape index (κ1) is 19.1. The summed E-state index contributed by atoms with van der Waals surface area (Å²) in [6, 6.07) is 30.8. The van der Waals surface area contributed by atoms with E-state index >= 15 is 0 Å². The van der Waals surface area contributed by atoms with Crippen LogP contribution in [0.25, 0.3) is 22.3 Å². The second kappa shape index (κ2) is 7.12. The van der Waals surface area contributed by atoms with Gasteiger partial charge in [0.05, 0.1) is 0 Å². The van der Waals surface area contributed by atoms with Crippen molar-refractivity contribution in [2.45, 2.75) is 25.4 Å². The van der Waals surface area contributed by atoms with Gasteiger partial charge in [-0.25, -0.2) is 0 Å². The van der Waals surface area contributed by atoms with Gasteiger partial charge in [0.1, 0.15) is 6.10 Å². The minimum atomic E-state index is -0.694. The molecule has 0 bridgehead atoms. The Morgan fingerprint density at radius 3 is 2.13 bits per heavy atom. The fourth-order valence-electron chi connectivity index (χ4n) is 4.88. The lowest BCUT2D eigenvalue weighted by Crippen LogP contribution is -2.29. The summed E-state index contributed by atoms with van der Waals surface area (Å²) in [6.45, 7) is 4.45. The Morgan fingerprint density at radius 1 is 0.700 bits per heavy atom. The third-order valence-corrected chi connectivity index (χ3v) is 6.66. The smallest absolute Gasteiger partial charge is 0.105 e. The quantitative estimate of drug-likeness (QED) is 0.365. The summed E-state index contributed by atoms with van der Waals surface area (Å²) in [7, 11) is 0. The van der Waals surface area contributed by atoms with Crippen molar-refractivity contribution in [1.82, 2.24) is 0 Å². The number of hydrogen-bond donors (Lipinski definition) is 1. The molecule has 1 aliphatic rings. The van der Waals surface area contributed by atoms with E-state index in [4.69, 9.17) is 11.6 Å². The number of rotatable bonds is 2. The van der Waals surface area contributed by atoms with Crippen molar-refractivity contribution >= 4 is 11.6 Å². The fourth-order valence-corrected chi connectivity index (χ4v) is 5.16. The van der Waals surface area contributed by atoms with Gasteiger partial charge < -0.3 is 5.11 Å². The summed E-state index contributed by atoms with van der Waals surface area (Å²) < 4.78 is 0. The average molecular weight is 411 g/mol. The van der Waals surface area contributed by atoms with Gasteiger partial charge >= 0.3 is 0 Å². The van der Waals surface area contributed by atoms with Crippen molar-refractivity contribution < 1.29 is 5.11 Å². The number of aliphatic hydroxyl groups is 1. The van der Waals surface area contributed by atoms with Gasteiger partial charge in [0.2, 0.25) is 0 Å². The van der Waals surface area contributed by atoms with Crippen LogP contribution in [0.15, 0.2) is 91.0 Å². The molecular formula is C28H23ClO. The molecule has 0 saturated carbocycles. The molecule has 1 nitrogen and oxygen atoms in total. The van der Waals surface area contributed by atoms with E-state index in [1.54, 1.807) is 0 Å². The first-order chi connectivity index (χ1) is 14.5. The molecule has 0 saturated heterocycles. The SMILES string of the molecule is CC1(C)c2ccccc2C(O)c2c(-c3c(Cl)cccc3-c3ccccc3)cccc21. The second-order valence-corrected chi connectivity index (χ2v) is 8.82. The van der Waals surface area contributed by atoms with E-state index in [0.717, 1.165) is 38.9 Å². The first-order valence-corrected chi connectivity index (χ1v) is 10.6. The Labute approximate surface area is 182 Å². The van der Waals surface area contributed by atoms with E-state index in [-0.39, 0.29) is 5.41 Å². The highest BCUT2D eigenvalue weighted by Crippen LogP contribution is 2.50. The Hall–Kier alpha value is -2.87. The number of halogens is 1. The molecule has 0 aromatic heterocycles. The van der Waals surface area contributed by atoms with Gasteiger partial charge in [-0.2, -0.15) is 0 Å². The molecule has 30 heavy (non-hydrogen) atoms. The molecule has 5 rings (SSSR count). The van der Waals surface area contributed by atoms with E-state index in [2.05, 4.69) is 56.3 Å². The number of hydrogen-bond acceptors (Lipinski definition) is 1. The summed E-state index contributed by atoms with van der Waals surface area (Å²) in [5, 5.41) is 12.2. The van der Waals surface area contributed by atoms with Crippen LogP contribution in [-0.2, 0) is 5.41 Å². The summed E-state index contributed by atoms with van der Waals surface area (Å²) in [4.78, 5) is 0. The summed E-state index contributed by atoms with van der Waals surface area (Å²) in [5.74, 6) is 0. The van der Waals surface area contributed by atoms with Gasteiger partial charge in [-0.3, -0.25) is 0 Å². The number of benzene rings is 4. The van der Waals surface area contributed by atoms with Crippen molar-refractivity contribution in [3.63, 3.8) is 0 Å². The lowest BCUT2D eigenvalue weighted by atomic mass is 9.66. The summed E-state index contributed by atoms with van der Waals surface area (Å²) in [5.41, 5.74) is 8.16. The van der Waals surface area contributed by atoms with Crippen molar-refractivity contribution in [1.29, 1.82) is 0 Å². The predicted molar refractivity (Wildman–Crippen MR) is 125 cm³/mol. The van der Waals surface area contributed by atoms with Crippen LogP contribution in [-0.4, -0.2) is 5.11 Å². The van der Waals surface area contributed by atoms with E-state index < -0.39 is 6.10 Å². The number of aliphatic hydroxyl groups excluding tert-OH is 1. The first-order valence-electron chi connectivity index (χ1n) is 10.3. The molecule has 148 valence electrons. The average Bonchev–Trinajstić information content (AvgIpc) is 2.78. The van der Waals surface area contributed by atoms with Crippen molar-refractivity contribution in [2.24, 2.45) is 0 Å². The van der Waals surface area contributed by atoms with E-state index in [9.17, 15) is 5.11 Å². The largest absolute Gasteiger partial charge is 0.384 e. The lowest BCUT2D eigenvalue weighted by molar-refractivity contribution is 0.210. The van der Waals surface area contributed by atoms with E-state index in [1.807, 2.05) is 48.5 Å². The van der Waals surface area contributed by atoms with Crippen molar-refractivity contribution in [3.8, 4) is 22.3 Å². The Morgan fingerprint density at radius 2 is 1.33 bits per heavy atom. The van der Waals surface area contributed by atoms with Gasteiger partial charge in [0.15, 0.2) is 0 Å². The Balaban J connectivity index is 1.83. The topological polar surface area (TPSA) is 20.2 Å². The monoisotopic (exact) mass is 410 g/mol. The van der Waals surface area contributed by atoms with Crippen LogP contribution < -0.4 is 0 Å². The standard InChI is InChI=1S/C28H23ClO/c1-28(2)22-15-7-6-12-20(22)27(30)26-21(14-8-16-23(26)28)25-19(13-9-17-24(25)29)18-10-4-3-5-11-18/h3-17,27,30H,1-2H3. The summed E-state index contributed by atoms with van der Waals surface area (Å²) in [6.07, 6.45) is -0.694. The van der Waals surface area contributed by atoms with Crippen LogP contribution in [0.2, 0.25) is 5.02 Å². The molecular weight excluding hydrogens is 388 g/mol. The van der Waals surface area contributed by atoms with Gasteiger partial charge in [-0.15, -0.1) is 0 Å². The zero-order valence-electron chi connectivity index (χ0n) is 17.1. The van der Waals surface area contributed by atoms with Gasteiger partial charge in [-0.05, 0) is 45.0 Å². The van der Waals surface area contributed by atoms with Crippen LogP contribution >= 0.6 is 11.6 Å². The third kappa shape index (κ3) is 2.81. The summed E-state index contributed by atoms with van der Waals surface area (Å²) >= 11 is 6.79. The highest BCUT2D eigenvalue weighted by atomic mass is 35.5. The van der Waals surface area contributed by atoms with E-state index in [0.29, 0.717) is 5.02 Å². The molecule has 1 N–H and O–H groups in total. The lowest BCUT2D eigenvalue weighted by Gasteiger charge is -2.39. The predicted octanol–water partition coefficient (Wildman–Crippen LogP) is 7.40. The van der Waals surface area contributed by atoms with Crippen LogP contribution in [0.3, 0.4) is 0 Å². The zero-order valence-corrected chi connectivity index (χ0v) is 17.8. The molecule has 2 heteroatoms. The van der Waals surface area contributed by atoms with Crippen LogP contribution in [0.5, 0.6) is 0 Å². The van der Waals surface area contributed by atoms with Crippen molar-refractivity contribution in [3.05, 3.63) is 118 Å².